The quantitative estimate of drug-likeness (QED) is 0.870. The molecule has 0 aliphatic rings. The molecule has 0 aliphatic carbocycles. The molecule has 4 heteroatoms. The molecule has 0 saturated heterocycles. The van der Waals surface area contributed by atoms with Crippen LogP contribution in [0, 0.1) is 11.3 Å². The van der Waals surface area contributed by atoms with Gasteiger partial charge in [-0.05, 0) is 29.8 Å². The van der Waals surface area contributed by atoms with Gasteiger partial charge in [-0.25, -0.2) is 0 Å². The number of hydrogen-bond donors (Lipinski definition) is 1. The van der Waals surface area contributed by atoms with E-state index in [9.17, 15) is 0 Å². The summed E-state index contributed by atoms with van der Waals surface area (Å²) in [5.74, 6) is 0.609. The second-order valence-electron chi connectivity index (χ2n) is 3.57. The number of aromatic nitrogens is 1. The predicted octanol–water partition coefficient (Wildman–Crippen LogP) is 2.11. The Labute approximate surface area is 100 Å². The average Bonchev–Trinajstić information content (AvgIpc) is 2.89. The third kappa shape index (κ3) is 2.58. The van der Waals surface area contributed by atoms with Gasteiger partial charge in [0.25, 0.3) is 0 Å². The first-order chi connectivity index (χ1) is 8.33. The lowest BCUT2D eigenvalue weighted by atomic mass is 10.1. The highest BCUT2D eigenvalue weighted by Crippen LogP contribution is 2.18. The highest BCUT2D eigenvalue weighted by Gasteiger charge is 2.03. The smallest absolute Gasteiger partial charge is 0.136 e. The SMILES string of the molecule is COc1ccc(CNn2cccc2)cc1C#N. The van der Waals surface area contributed by atoms with E-state index in [0.29, 0.717) is 17.9 Å². The Morgan fingerprint density at radius 3 is 2.76 bits per heavy atom. The van der Waals surface area contributed by atoms with Gasteiger partial charge < -0.3 is 10.2 Å². The summed E-state index contributed by atoms with van der Waals surface area (Å²) in [4.78, 5) is 0. The maximum atomic E-state index is 8.97. The molecular formula is C13H13N3O. The van der Waals surface area contributed by atoms with Gasteiger partial charge in [-0.1, -0.05) is 6.07 Å². The molecule has 0 spiro atoms. The molecule has 0 saturated carbocycles. The topological polar surface area (TPSA) is 50.0 Å². The van der Waals surface area contributed by atoms with Crippen molar-refractivity contribution in [1.29, 1.82) is 5.26 Å². The zero-order valence-corrected chi connectivity index (χ0v) is 9.55. The van der Waals surface area contributed by atoms with Crippen molar-refractivity contribution in [3.63, 3.8) is 0 Å². The van der Waals surface area contributed by atoms with E-state index in [-0.39, 0.29) is 0 Å². The molecule has 2 rings (SSSR count). The average molecular weight is 227 g/mol. The maximum Gasteiger partial charge on any atom is 0.136 e. The van der Waals surface area contributed by atoms with Crippen LogP contribution in [0.5, 0.6) is 5.75 Å². The van der Waals surface area contributed by atoms with Crippen LogP contribution in [0.4, 0.5) is 0 Å². The first kappa shape index (κ1) is 11.1. The predicted molar refractivity (Wildman–Crippen MR) is 65.2 cm³/mol. The largest absolute Gasteiger partial charge is 0.495 e. The van der Waals surface area contributed by atoms with Crippen LogP contribution in [0.25, 0.3) is 0 Å². The molecule has 2 aromatic rings. The summed E-state index contributed by atoms with van der Waals surface area (Å²) in [6.07, 6.45) is 3.85. The summed E-state index contributed by atoms with van der Waals surface area (Å²) >= 11 is 0. The van der Waals surface area contributed by atoms with Crippen LogP contribution in [0.2, 0.25) is 0 Å². The Morgan fingerprint density at radius 2 is 2.12 bits per heavy atom. The minimum atomic E-state index is 0.555. The zero-order valence-electron chi connectivity index (χ0n) is 9.55. The number of methoxy groups -OCH3 is 1. The van der Waals surface area contributed by atoms with Crippen LogP contribution >= 0.6 is 0 Å². The lowest BCUT2D eigenvalue weighted by Gasteiger charge is -2.09. The fourth-order valence-electron chi connectivity index (χ4n) is 1.57. The molecule has 1 aromatic carbocycles. The van der Waals surface area contributed by atoms with E-state index < -0.39 is 0 Å². The molecule has 0 atom stereocenters. The monoisotopic (exact) mass is 227 g/mol. The maximum absolute atomic E-state index is 8.97. The van der Waals surface area contributed by atoms with Crippen LogP contribution in [-0.2, 0) is 6.54 Å². The highest BCUT2D eigenvalue weighted by molar-refractivity contribution is 5.45. The van der Waals surface area contributed by atoms with Crippen molar-refractivity contribution < 1.29 is 4.74 Å². The minimum absolute atomic E-state index is 0.555. The van der Waals surface area contributed by atoms with E-state index in [1.165, 1.54) is 0 Å². The number of ether oxygens (including phenoxy) is 1. The third-order valence-corrected chi connectivity index (χ3v) is 2.45. The van der Waals surface area contributed by atoms with Crippen molar-refractivity contribution in [3.8, 4) is 11.8 Å². The molecule has 0 aliphatic heterocycles. The molecule has 0 unspecified atom stereocenters. The summed E-state index contributed by atoms with van der Waals surface area (Å²) in [6.45, 7) is 0.660. The number of nitrogens with zero attached hydrogens (tertiary/aromatic N) is 2. The minimum Gasteiger partial charge on any atom is -0.495 e. The summed E-state index contributed by atoms with van der Waals surface area (Å²) < 4.78 is 6.96. The van der Waals surface area contributed by atoms with Crippen molar-refractivity contribution in [2.45, 2.75) is 6.54 Å². The molecule has 0 fully saturated rings. The van der Waals surface area contributed by atoms with Crippen LogP contribution in [0.3, 0.4) is 0 Å². The second kappa shape index (κ2) is 5.08. The van der Waals surface area contributed by atoms with E-state index in [4.69, 9.17) is 10.00 Å². The van der Waals surface area contributed by atoms with E-state index in [0.717, 1.165) is 5.56 Å². The van der Waals surface area contributed by atoms with Gasteiger partial charge in [0.05, 0.1) is 19.2 Å². The molecule has 1 N–H and O–H groups in total. The van der Waals surface area contributed by atoms with Gasteiger partial charge in [0.1, 0.15) is 11.8 Å². The fraction of sp³-hybridized carbons (Fsp3) is 0.154. The lowest BCUT2D eigenvalue weighted by Crippen LogP contribution is -2.11. The zero-order chi connectivity index (χ0) is 12.1. The van der Waals surface area contributed by atoms with Crippen LogP contribution in [0.1, 0.15) is 11.1 Å². The number of rotatable bonds is 4. The Hall–Kier alpha value is -2.41. The normalized spacial score (nSPS) is 9.65. The fourth-order valence-corrected chi connectivity index (χ4v) is 1.57. The Bertz CT molecular complexity index is 526. The molecule has 17 heavy (non-hydrogen) atoms. The van der Waals surface area contributed by atoms with E-state index >= 15 is 0 Å². The van der Waals surface area contributed by atoms with Gasteiger partial charge in [0, 0.05) is 12.4 Å². The molecule has 86 valence electrons. The van der Waals surface area contributed by atoms with E-state index in [1.54, 1.807) is 7.11 Å². The summed E-state index contributed by atoms with van der Waals surface area (Å²) in [7, 11) is 1.56. The van der Waals surface area contributed by atoms with Crippen LogP contribution < -0.4 is 10.2 Å². The highest BCUT2D eigenvalue weighted by atomic mass is 16.5. The van der Waals surface area contributed by atoms with Gasteiger partial charge in [-0.3, -0.25) is 4.68 Å². The van der Waals surface area contributed by atoms with Gasteiger partial charge in [0.15, 0.2) is 0 Å². The summed E-state index contributed by atoms with van der Waals surface area (Å²) in [5.41, 5.74) is 4.79. The summed E-state index contributed by atoms with van der Waals surface area (Å²) in [6, 6.07) is 11.6. The molecule has 0 amide bonds. The second-order valence-corrected chi connectivity index (χ2v) is 3.57. The number of nitrogens with one attached hydrogen (secondary N) is 1. The molecule has 0 bridgehead atoms. The van der Waals surface area contributed by atoms with Gasteiger partial charge in [-0.15, -0.1) is 0 Å². The molecule has 1 aromatic heterocycles. The van der Waals surface area contributed by atoms with Gasteiger partial charge in [-0.2, -0.15) is 5.26 Å². The first-order valence-electron chi connectivity index (χ1n) is 5.27. The Kier molecular flexibility index (Phi) is 3.31. The lowest BCUT2D eigenvalue weighted by molar-refractivity contribution is 0.413. The summed E-state index contributed by atoms with van der Waals surface area (Å²) in [5, 5.41) is 8.97. The number of benzene rings is 1. The molecule has 1 heterocycles. The van der Waals surface area contributed by atoms with Crippen molar-refractivity contribution in [2.24, 2.45) is 0 Å². The van der Waals surface area contributed by atoms with Gasteiger partial charge >= 0.3 is 0 Å². The van der Waals surface area contributed by atoms with Crippen LogP contribution in [-0.4, -0.2) is 11.8 Å². The van der Waals surface area contributed by atoms with Crippen molar-refractivity contribution in [3.05, 3.63) is 53.9 Å². The van der Waals surface area contributed by atoms with Gasteiger partial charge in [0.2, 0.25) is 0 Å². The van der Waals surface area contributed by atoms with Crippen molar-refractivity contribution in [2.75, 3.05) is 12.5 Å². The van der Waals surface area contributed by atoms with E-state index in [2.05, 4.69) is 11.5 Å². The Balaban J connectivity index is 2.09. The van der Waals surface area contributed by atoms with Crippen molar-refractivity contribution in [1.82, 2.24) is 4.68 Å². The standard InChI is InChI=1S/C13H13N3O/c1-17-13-5-4-11(8-12(13)9-14)10-15-16-6-2-3-7-16/h2-8,15H,10H2,1H3. The molecular weight excluding hydrogens is 214 g/mol. The van der Waals surface area contributed by atoms with E-state index in [1.807, 2.05) is 47.4 Å². The molecule has 0 radical (unpaired) electrons. The van der Waals surface area contributed by atoms with Crippen molar-refractivity contribution >= 4 is 0 Å². The van der Waals surface area contributed by atoms with Crippen LogP contribution in [0.15, 0.2) is 42.7 Å². The Morgan fingerprint density at radius 1 is 1.35 bits per heavy atom. The number of hydrogen-bond acceptors (Lipinski definition) is 3. The third-order valence-electron chi connectivity index (χ3n) is 2.45. The first-order valence-corrected chi connectivity index (χ1v) is 5.27. The number of nitriles is 1. The molecule has 4 nitrogen and oxygen atoms in total.